The Morgan fingerprint density at radius 2 is 1.64 bits per heavy atom. The minimum Gasteiger partial charge on any atom is -0.0683 e. The molecule has 0 aromatic heterocycles. The molecule has 0 saturated heterocycles. The molecule has 0 aliphatic heterocycles. The van der Waals surface area contributed by atoms with E-state index in [-0.39, 0.29) is 0 Å². The van der Waals surface area contributed by atoms with Gasteiger partial charge in [-0.25, -0.2) is 0 Å². The molecule has 1 rings (SSSR count). The Morgan fingerprint density at radius 3 is 2.14 bits per heavy atom. The summed E-state index contributed by atoms with van der Waals surface area (Å²) in [5, 5.41) is 0. The van der Waals surface area contributed by atoms with Gasteiger partial charge in [-0.1, -0.05) is 57.9 Å². The van der Waals surface area contributed by atoms with Crippen molar-refractivity contribution in [3.8, 4) is 0 Å². The van der Waals surface area contributed by atoms with Gasteiger partial charge >= 0.3 is 0 Å². The minimum atomic E-state index is 1.16. The summed E-state index contributed by atoms with van der Waals surface area (Å²) in [4.78, 5) is 0. The standard InChI is InChI=1S/C12H18.C2H6/c1-4-6-12-9-10(3)7-8-11(12)5-2;1-2/h7-9H,4-6H2,1-3H3;1-2H3. The van der Waals surface area contributed by atoms with E-state index in [4.69, 9.17) is 0 Å². The number of benzene rings is 1. The molecule has 0 aliphatic carbocycles. The molecule has 1 aromatic rings. The second-order valence-electron chi connectivity index (χ2n) is 3.38. The zero-order valence-electron chi connectivity index (χ0n) is 10.4. The maximum Gasteiger partial charge on any atom is -0.0279 e. The Hall–Kier alpha value is -0.780. The lowest BCUT2D eigenvalue weighted by atomic mass is 9.99. The maximum atomic E-state index is 2.32. The minimum absolute atomic E-state index is 1.16. The van der Waals surface area contributed by atoms with Crippen molar-refractivity contribution in [2.75, 3.05) is 0 Å². The van der Waals surface area contributed by atoms with Crippen LogP contribution in [0.4, 0.5) is 0 Å². The van der Waals surface area contributed by atoms with Crippen molar-refractivity contribution in [1.29, 1.82) is 0 Å². The van der Waals surface area contributed by atoms with E-state index in [2.05, 4.69) is 39.0 Å². The van der Waals surface area contributed by atoms with E-state index in [1.165, 1.54) is 24.0 Å². The molecular formula is C14H24. The molecule has 0 spiro atoms. The van der Waals surface area contributed by atoms with E-state index in [1.807, 2.05) is 13.8 Å². The molecule has 0 heterocycles. The third kappa shape index (κ3) is 3.95. The van der Waals surface area contributed by atoms with Crippen molar-refractivity contribution < 1.29 is 0 Å². The third-order valence-corrected chi connectivity index (χ3v) is 2.26. The summed E-state index contributed by atoms with van der Waals surface area (Å²) >= 11 is 0. The SMILES string of the molecule is CC.CCCc1cc(C)ccc1CC. The van der Waals surface area contributed by atoms with Gasteiger partial charge in [-0.2, -0.15) is 0 Å². The molecule has 0 bridgehead atoms. The van der Waals surface area contributed by atoms with Crippen LogP contribution in [0, 0.1) is 6.92 Å². The highest BCUT2D eigenvalue weighted by molar-refractivity contribution is 5.31. The number of hydrogen-bond donors (Lipinski definition) is 0. The summed E-state index contributed by atoms with van der Waals surface area (Å²) < 4.78 is 0. The Bertz CT molecular complexity index is 248. The van der Waals surface area contributed by atoms with Gasteiger partial charge in [0.2, 0.25) is 0 Å². The van der Waals surface area contributed by atoms with Crippen molar-refractivity contribution >= 4 is 0 Å². The Kier molecular flexibility index (Phi) is 7.18. The average molecular weight is 192 g/mol. The fourth-order valence-corrected chi connectivity index (χ4v) is 1.60. The van der Waals surface area contributed by atoms with E-state index < -0.39 is 0 Å². The second kappa shape index (κ2) is 7.61. The van der Waals surface area contributed by atoms with E-state index >= 15 is 0 Å². The predicted octanol–water partition coefficient (Wildman–Crippen LogP) is 4.54. The topological polar surface area (TPSA) is 0 Å². The monoisotopic (exact) mass is 192 g/mol. The summed E-state index contributed by atoms with van der Waals surface area (Å²) in [6, 6.07) is 6.79. The fraction of sp³-hybridized carbons (Fsp3) is 0.571. The number of hydrogen-bond acceptors (Lipinski definition) is 0. The molecule has 80 valence electrons. The van der Waals surface area contributed by atoms with Crippen molar-refractivity contribution in [1.82, 2.24) is 0 Å². The first-order chi connectivity index (χ1) is 6.77. The van der Waals surface area contributed by atoms with Crippen LogP contribution in [0.5, 0.6) is 0 Å². The highest BCUT2D eigenvalue weighted by atomic mass is 14.0. The van der Waals surface area contributed by atoms with Crippen molar-refractivity contribution in [2.24, 2.45) is 0 Å². The van der Waals surface area contributed by atoms with Crippen LogP contribution in [0.15, 0.2) is 18.2 Å². The molecule has 14 heavy (non-hydrogen) atoms. The highest BCUT2D eigenvalue weighted by Crippen LogP contribution is 2.14. The second-order valence-corrected chi connectivity index (χ2v) is 3.38. The van der Waals surface area contributed by atoms with Crippen molar-refractivity contribution in [3.05, 3.63) is 34.9 Å². The first-order valence-electron chi connectivity index (χ1n) is 5.86. The quantitative estimate of drug-likeness (QED) is 0.659. The molecule has 0 N–H and O–H groups in total. The first kappa shape index (κ1) is 13.2. The van der Waals surface area contributed by atoms with Gasteiger partial charge in [0.15, 0.2) is 0 Å². The summed E-state index contributed by atoms with van der Waals surface area (Å²) in [6.07, 6.45) is 3.64. The van der Waals surface area contributed by atoms with Crippen LogP contribution < -0.4 is 0 Å². The molecule has 0 radical (unpaired) electrons. The molecular weight excluding hydrogens is 168 g/mol. The molecule has 0 heteroatoms. The van der Waals surface area contributed by atoms with Crippen LogP contribution in [-0.4, -0.2) is 0 Å². The van der Waals surface area contributed by atoms with Gasteiger partial charge in [0.1, 0.15) is 0 Å². The molecule has 0 aliphatic rings. The highest BCUT2D eigenvalue weighted by Gasteiger charge is 1.98. The van der Waals surface area contributed by atoms with Crippen LogP contribution in [-0.2, 0) is 12.8 Å². The van der Waals surface area contributed by atoms with Gasteiger partial charge in [-0.05, 0) is 30.9 Å². The van der Waals surface area contributed by atoms with Gasteiger partial charge < -0.3 is 0 Å². The molecule has 0 unspecified atom stereocenters. The summed E-state index contributed by atoms with van der Waals surface area (Å²) in [7, 11) is 0. The smallest absolute Gasteiger partial charge is 0.0279 e. The van der Waals surface area contributed by atoms with Crippen molar-refractivity contribution in [3.63, 3.8) is 0 Å². The largest absolute Gasteiger partial charge is 0.0683 e. The van der Waals surface area contributed by atoms with Crippen molar-refractivity contribution in [2.45, 2.75) is 53.9 Å². The van der Waals surface area contributed by atoms with E-state index in [9.17, 15) is 0 Å². The van der Waals surface area contributed by atoms with Crippen LogP contribution in [0.2, 0.25) is 0 Å². The van der Waals surface area contributed by atoms with Crippen LogP contribution >= 0.6 is 0 Å². The van der Waals surface area contributed by atoms with E-state index in [1.54, 1.807) is 5.56 Å². The lowest BCUT2D eigenvalue weighted by Gasteiger charge is -2.07. The van der Waals surface area contributed by atoms with Gasteiger partial charge in [0.25, 0.3) is 0 Å². The van der Waals surface area contributed by atoms with Crippen LogP contribution in [0.3, 0.4) is 0 Å². The van der Waals surface area contributed by atoms with Gasteiger partial charge in [0, 0.05) is 0 Å². The van der Waals surface area contributed by atoms with Gasteiger partial charge in [-0.3, -0.25) is 0 Å². The fourth-order valence-electron chi connectivity index (χ4n) is 1.60. The zero-order valence-corrected chi connectivity index (χ0v) is 10.4. The summed E-state index contributed by atoms with van der Waals surface area (Å²) in [5.41, 5.74) is 4.44. The molecule has 0 nitrogen and oxygen atoms in total. The Labute approximate surface area is 89.4 Å². The molecule has 0 atom stereocenters. The summed E-state index contributed by atoms with van der Waals surface area (Å²) in [6.45, 7) is 10.6. The lowest BCUT2D eigenvalue weighted by molar-refractivity contribution is 0.897. The number of aryl methyl sites for hydroxylation is 3. The molecule has 0 fully saturated rings. The first-order valence-corrected chi connectivity index (χ1v) is 5.86. The molecule has 0 amide bonds. The maximum absolute atomic E-state index is 2.32. The predicted molar refractivity (Wildman–Crippen MR) is 65.9 cm³/mol. The third-order valence-electron chi connectivity index (χ3n) is 2.26. The summed E-state index contributed by atoms with van der Waals surface area (Å²) in [5.74, 6) is 0. The normalized spacial score (nSPS) is 9.21. The van der Waals surface area contributed by atoms with E-state index in [0.717, 1.165) is 6.42 Å². The van der Waals surface area contributed by atoms with Gasteiger partial charge in [0.05, 0.1) is 0 Å². The van der Waals surface area contributed by atoms with Crippen LogP contribution in [0.25, 0.3) is 0 Å². The van der Waals surface area contributed by atoms with Crippen LogP contribution in [0.1, 0.15) is 50.8 Å². The Balaban J connectivity index is 0.000000791. The average Bonchev–Trinajstić information content (AvgIpc) is 2.22. The van der Waals surface area contributed by atoms with Gasteiger partial charge in [-0.15, -0.1) is 0 Å². The zero-order chi connectivity index (χ0) is 11.0. The lowest BCUT2D eigenvalue weighted by Crippen LogP contribution is -1.92. The molecule has 0 saturated carbocycles. The molecule has 1 aromatic carbocycles. The van der Waals surface area contributed by atoms with E-state index in [0.29, 0.717) is 0 Å². The number of rotatable bonds is 3. The Morgan fingerprint density at radius 1 is 1.00 bits per heavy atom.